The summed E-state index contributed by atoms with van der Waals surface area (Å²) in [7, 11) is -0.629. The molecule has 1 unspecified atom stereocenters. The zero-order valence-electron chi connectivity index (χ0n) is 17.2. The Labute approximate surface area is 177 Å². The van der Waals surface area contributed by atoms with Gasteiger partial charge in [-0.15, -0.1) is 0 Å². The molecule has 0 fully saturated rings. The van der Waals surface area contributed by atoms with Gasteiger partial charge >= 0.3 is 0 Å². The van der Waals surface area contributed by atoms with Gasteiger partial charge in [-0.25, -0.2) is 12.7 Å². The maximum atomic E-state index is 12.6. The van der Waals surface area contributed by atoms with Crippen LogP contribution in [0.25, 0.3) is 11.1 Å². The number of hydrogen-bond donors (Lipinski definition) is 2. The first-order valence-corrected chi connectivity index (χ1v) is 11.0. The summed E-state index contributed by atoms with van der Waals surface area (Å²) in [5, 5.41) is 5.93. The molecule has 156 valence electrons. The van der Waals surface area contributed by atoms with Crippen molar-refractivity contribution >= 4 is 27.3 Å². The van der Waals surface area contributed by atoms with Gasteiger partial charge in [-0.1, -0.05) is 48.5 Å². The van der Waals surface area contributed by atoms with Crippen LogP contribution in [-0.4, -0.2) is 38.8 Å². The summed E-state index contributed by atoms with van der Waals surface area (Å²) in [6, 6.07) is 23.6. The van der Waals surface area contributed by atoms with Crippen molar-refractivity contribution < 1.29 is 13.2 Å². The van der Waals surface area contributed by atoms with Crippen molar-refractivity contribution in [2.45, 2.75) is 17.9 Å². The second-order valence-corrected chi connectivity index (χ2v) is 9.27. The second-order valence-electron chi connectivity index (χ2n) is 7.11. The molecule has 2 N–H and O–H groups in total. The topological polar surface area (TPSA) is 78.5 Å². The summed E-state index contributed by atoms with van der Waals surface area (Å²) in [6.45, 7) is 1.75. The Morgan fingerprint density at radius 3 is 2.10 bits per heavy atom. The zero-order valence-corrected chi connectivity index (χ0v) is 18.0. The van der Waals surface area contributed by atoms with Gasteiger partial charge in [-0.05, 0) is 48.4 Å². The second kappa shape index (κ2) is 9.11. The van der Waals surface area contributed by atoms with Gasteiger partial charge in [-0.2, -0.15) is 0 Å². The van der Waals surface area contributed by atoms with E-state index >= 15 is 0 Å². The van der Waals surface area contributed by atoms with Crippen LogP contribution in [0.4, 0.5) is 11.4 Å². The van der Waals surface area contributed by atoms with E-state index in [1.807, 2.05) is 54.6 Å². The molecule has 0 aliphatic rings. The number of amides is 1. The van der Waals surface area contributed by atoms with Crippen LogP contribution < -0.4 is 10.6 Å². The van der Waals surface area contributed by atoms with Crippen molar-refractivity contribution in [3.8, 4) is 11.1 Å². The highest BCUT2D eigenvalue weighted by molar-refractivity contribution is 7.89. The number of rotatable bonds is 7. The highest BCUT2D eigenvalue weighted by Gasteiger charge is 2.18. The minimum Gasteiger partial charge on any atom is -0.374 e. The molecule has 0 saturated carbocycles. The van der Waals surface area contributed by atoms with Crippen LogP contribution >= 0.6 is 0 Å². The van der Waals surface area contributed by atoms with Crippen molar-refractivity contribution in [3.63, 3.8) is 0 Å². The highest BCUT2D eigenvalue weighted by Crippen LogP contribution is 2.22. The molecular weight excluding hydrogens is 398 g/mol. The van der Waals surface area contributed by atoms with Crippen LogP contribution in [0.2, 0.25) is 0 Å². The monoisotopic (exact) mass is 423 g/mol. The number of anilines is 2. The Morgan fingerprint density at radius 1 is 0.833 bits per heavy atom. The molecule has 0 radical (unpaired) electrons. The number of carbonyl (C=O) groups is 1. The molecule has 30 heavy (non-hydrogen) atoms. The lowest BCUT2D eigenvalue weighted by atomic mass is 10.1. The van der Waals surface area contributed by atoms with E-state index in [9.17, 15) is 13.2 Å². The molecular formula is C23H25N3O3S. The van der Waals surface area contributed by atoms with Crippen molar-refractivity contribution in [2.75, 3.05) is 24.7 Å². The zero-order chi connectivity index (χ0) is 21.7. The Hall–Kier alpha value is -3.16. The molecule has 0 aliphatic heterocycles. The quantitative estimate of drug-likeness (QED) is 0.601. The van der Waals surface area contributed by atoms with Gasteiger partial charge in [-0.3, -0.25) is 4.79 Å². The largest absolute Gasteiger partial charge is 0.374 e. The number of carbonyl (C=O) groups excluding carboxylic acids is 1. The number of benzene rings is 3. The first-order chi connectivity index (χ1) is 14.3. The van der Waals surface area contributed by atoms with Crippen molar-refractivity contribution in [3.05, 3.63) is 78.9 Å². The molecule has 0 bridgehead atoms. The molecule has 3 aromatic carbocycles. The molecule has 3 aromatic rings. The smallest absolute Gasteiger partial charge is 0.246 e. The van der Waals surface area contributed by atoms with Gasteiger partial charge in [0.2, 0.25) is 15.9 Å². The first-order valence-electron chi connectivity index (χ1n) is 9.53. The van der Waals surface area contributed by atoms with E-state index in [2.05, 4.69) is 10.6 Å². The van der Waals surface area contributed by atoms with Gasteiger partial charge in [0.15, 0.2) is 0 Å². The van der Waals surface area contributed by atoms with E-state index in [0.717, 1.165) is 21.1 Å². The van der Waals surface area contributed by atoms with Crippen LogP contribution in [0.1, 0.15) is 6.92 Å². The first kappa shape index (κ1) is 21.5. The van der Waals surface area contributed by atoms with Crippen LogP contribution in [-0.2, 0) is 14.8 Å². The van der Waals surface area contributed by atoms with Crippen LogP contribution in [0.5, 0.6) is 0 Å². The van der Waals surface area contributed by atoms with Crippen LogP contribution in [0.15, 0.2) is 83.8 Å². The summed E-state index contributed by atoms with van der Waals surface area (Å²) in [5.74, 6) is -0.262. The number of sulfonamides is 1. The fourth-order valence-electron chi connectivity index (χ4n) is 2.90. The lowest BCUT2D eigenvalue weighted by Crippen LogP contribution is -2.32. The van der Waals surface area contributed by atoms with Gasteiger partial charge in [0.1, 0.15) is 6.04 Å². The average molecular weight is 424 g/mol. The van der Waals surface area contributed by atoms with Crippen LogP contribution in [0.3, 0.4) is 0 Å². The van der Waals surface area contributed by atoms with E-state index in [0.29, 0.717) is 5.69 Å². The summed E-state index contributed by atoms with van der Waals surface area (Å²) < 4.78 is 25.7. The van der Waals surface area contributed by atoms with E-state index in [1.165, 1.54) is 26.2 Å². The SMILES string of the molecule is CC(Nc1ccc(-c2ccccc2)cc1)C(=O)Nc1cccc(S(=O)(=O)N(C)C)c1. The molecule has 0 aliphatic carbocycles. The number of nitrogens with zero attached hydrogens (tertiary/aromatic N) is 1. The predicted molar refractivity (Wildman–Crippen MR) is 121 cm³/mol. The molecule has 0 aromatic heterocycles. The Balaban J connectivity index is 1.65. The number of hydrogen-bond acceptors (Lipinski definition) is 4. The molecule has 3 rings (SSSR count). The third kappa shape index (κ3) is 5.06. The van der Waals surface area contributed by atoms with Gasteiger partial charge in [0.05, 0.1) is 4.90 Å². The summed E-state index contributed by atoms with van der Waals surface area (Å²) in [4.78, 5) is 12.7. The minimum absolute atomic E-state index is 0.127. The molecule has 1 atom stereocenters. The van der Waals surface area contributed by atoms with E-state index in [1.54, 1.807) is 19.1 Å². The number of nitrogens with one attached hydrogen (secondary N) is 2. The Bertz CT molecular complexity index is 1110. The van der Waals surface area contributed by atoms with E-state index in [-0.39, 0.29) is 10.8 Å². The lowest BCUT2D eigenvalue weighted by molar-refractivity contribution is -0.116. The van der Waals surface area contributed by atoms with E-state index < -0.39 is 16.1 Å². The fourth-order valence-corrected chi connectivity index (χ4v) is 3.85. The maximum Gasteiger partial charge on any atom is 0.246 e. The molecule has 7 heteroatoms. The molecule has 0 saturated heterocycles. The van der Waals surface area contributed by atoms with E-state index in [4.69, 9.17) is 0 Å². The van der Waals surface area contributed by atoms with Crippen LogP contribution in [0, 0.1) is 0 Å². The highest BCUT2D eigenvalue weighted by atomic mass is 32.2. The lowest BCUT2D eigenvalue weighted by Gasteiger charge is -2.17. The molecule has 6 nitrogen and oxygen atoms in total. The fraction of sp³-hybridized carbons (Fsp3) is 0.174. The average Bonchev–Trinajstić information content (AvgIpc) is 2.75. The third-order valence-electron chi connectivity index (χ3n) is 4.65. The predicted octanol–water partition coefficient (Wildman–Crippen LogP) is 4.04. The van der Waals surface area contributed by atoms with Crippen molar-refractivity contribution in [1.29, 1.82) is 0 Å². The van der Waals surface area contributed by atoms with Crippen molar-refractivity contribution in [2.24, 2.45) is 0 Å². The van der Waals surface area contributed by atoms with Gasteiger partial charge < -0.3 is 10.6 Å². The van der Waals surface area contributed by atoms with Crippen molar-refractivity contribution in [1.82, 2.24) is 4.31 Å². The third-order valence-corrected chi connectivity index (χ3v) is 6.46. The van der Waals surface area contributed by atoms with Gasteiger partial charge in [0, 0.05) is 25.5 Å². The Morgan fingerprint density at radius 2 is 1.47 bits per heavy atom. The summed E-state index contributed by atoms with van der Waals surface area (Å²) >= 11 is 0. The summed E-state index contributed by atoms with van der Waals surface area (Å²) in [6.07, 6.45) is 0. The molecule has 0 spiro atoms. The summed E-state index contributed by atoms with van der Waals surface area (Å²) in [5.41, 5.74) is 3.47. The minimum atomic E-state index is -3.56. The normalized spacial score (nSPS) is 12.4. The maximum absolute atomic E-state index is 12.6. The van der Waals surface area contributed by atoms with Gasteiger partial charge in [0.25, 0.3) is 0 Å². The Kier molecular flexibility index (Phi) is 6.54. The molecule has 1 amide bonds. The molecule has 0 heterocycles. The standard InChI is InChI=1S/C23H25N3O3S/c1-17(24-20-14-12-19(13-15-20)18-8-5-4-6-9-18)23(27)25-21-10-7-11-22(16-21)30(28,29)26(2)3/h4-17,24H,1-3H3,(H,25,27).